The second-order valence-electron chi connectivity index (χ2n) is 7.34. The number of allylic oxidation sites excluding steroid dienone is 2. The summed E-state index contributed by atoms with van der Waals surface area (Å²) < 4.78 is 0.166. The Bertz CT molecular complexity index is 497. The number of amidine groups is 1. The summed E-state index contributed by atoms with van der Waals surface area (Å²) in [7, 11) is 0. The van der Waals surface area contributed by atoms with Crippen LogP contribution in [-0.2, 0) is 4.79 Å². The third-order valence-corrected chi connectivity index (χ3v) is 5.07. The molecule has 5 heteroatoms. The maximum Gasteiger partial charge on any atom is 0.360 e. The molecule has 0 saturated carbocycles. The second-order valence-corrected chi connectivity index (χ2v) is 7.34. The highest BCUT2D eigenvalue weighted by molar-refractivity contribution is 5.81. The summed E-state index contributed by atoms with van der Waals surface area (Å²) >= 11 is 0. The minimum Gasteiger partial charge on any atom is -0.477 e. The predicted octanol–water partition coefficient (Wildman–Crippen LogP) is 4.94. The van der Waals surface area contributed by atoms with Crippen LogP contribution < -0.4 is 5.73 Å². The van der Waals surface area contributed by atoms with Gasteiger partial charge in [-0.2, -0.15) is 0 Å². The third kappa shape index (κ3) is 7.83. The molecule has 148 valence electrons. The standard InChI is InChI=1S/C21H37N3O2/c1-3-4-5-6-7-8-9-10-11-12-13-14-15-20-23-16-17-24(20,19(2)22)18-21(25)26/h6-7,16-17,19H,3-5,8-15,18,22H2,1-2H3/p+1/b7-6+. The van der Waals surface area contributed by atoms with E-state index in [1.165, 1.54) is 51.4 Å². The van der Waals surface area contributed by atoms with E-state index in [2.05, 4.69) is 24.1 Å². The number of nitrogens with two attached hydrogens (primary N) is 1. The molecule has 0 amide bonds. The summed E-state index contributed by atoms with van der Waals surface area (Å²) in [4.78, 5) is 15.6. The van der Waals surface area contributed by atoms with E-state index in [1.807, 2.05) is 13.1 Å². The van der Waals surface area contributed by atoms with Gasteiger partial charge in [-0.1, -0.05) is 57.6 Å². The van der Waals surface area contributed by atoms with E-state index in [1.54, 1.807) is 6.20 Å². The van der Waals surface area contributed by atoms with Crippen molar-refractivity contribution in [2.45, 2.75) is 90.6 Å². The Labute approximate surface area is 159 Å². The van der Waals surface area contributed by atoms with E-state index < -0.39 is 5.97 Å². The highest BCUT2D eigenvalue weighted by Gasteiger charge is 2.40. The minimum atomic E-state index is -0.842. The Morgan fingerprint density at radius 1 is 1.15 bits per heavy atom. The predicted molar refractivity (Wildman–Crippen MR) is 109 cm³/mol. The van der Waals surface area contributed by atoms with E-state index in [4.69, 9.17) is 5.73 Å². The van der Waals surface area contributed by atoms with Gasteiger partial charge in [0.25, 0.3) is 0 Å². The van der Waals surface area contributed by atoms with Gasteiger partial charge in [0, 0.05) is 13.3 Å². The quantitative estimate of drug-likeness (QED) is 0.245. The monoisotopic (exact) mass is 364 g/mol. The Hall–Kier alpha value is -1.46. The highest BCUT2D eigenvalue weighted by atomic mass is 16.4. The number of rotatable bonds is 15. The Morgan fingerprint density at radius 3 is 2.38 bits per heavy atom. The van der Waals surface area contributed by atoms with E-state index >= 15 is 0 Å². The average molecular weight is 365 g/mol. The van der Waals surface area contributed by atoms with Crippen molar-refractivity contribution < 1.29 is 14.4 Å². The number of quaternary nitrogens is 1. The third-order valence-electron chi connectivity index (χ3n) is 5.07. The molecule has 0 aliphatic carbocycles. The molecule has 1 rings (SSSR count). The molecule has 26 heavy (non-hydrogen) atoms. The summed E-state index contributed by atoms with van der Waals surface area (Å²) in [5, 5.41) is 9.21. The highest BCUT2D eigenvalue weighted by Crippen LogP contribution is 2.23. The van der Waals surface area contributed by atoms with E-state index in [-0.39, 0.29) is 17.2 Å². The Kier molecular flexibility index (Phi) is 11.1. The molecule has 2 unspecified atom stereocenters. The fourth-order valence-electron chi connectivity index (χ4n) is 3.40. The van der Waals surface area contributed by atoms with Crippen LogP contribution in [0.1, 0.15) is 84.5 Å². The van der Waals surface area contributed by atoms with Gasteiger partial charge in [0.05, 0.1) is 6.20 Å². The summed E-state index contributed by atoms with van der Waals surface area (Å²) in [5.74, 6) is 0.0462. The number of carboxylic acids is 1. The Balaban J connectivity index is 2.16. The zero-order valence-electron chi connectivity index (χ0n) is 16.7. The fraction of sp³-hybridized carbons (Fsp3) is 0.714. The number of unbranched alkanes of at least 4 members (excludes halogenated alkanes) is 8. The summed E-state index contributed by atoms with van der Waals surface area (Å²) in [6.07, 6.45) is 21.0. The van der Waals surface area contributed by atoms with Crippen LogP contribution in [0.5, 0.6) is 0 Å². The normalized spacial score (nSPS) is 20.7. The van der Waals surface area contributed by atoms with Crippen LogP contribution in [0.15, 0.2) is 29.5 Å². The first-order valence-corrected chi connectivity index (χ1v) is 10.3. The van der Waals surface area contributed by atoms with Crippen LogP contribution >= 0.6 is 0 Å². The van der Waals surface area contributed by atoms with Crippen LogP contribution in [0.3, 0.4) is 0 Å². The first kappa shape index (κ1) is 22.6. The van der Waals surface area contributed by atoms with E-state index in [0.29, 0.717) is 0 Å². The summed E-state index contributed by atoms with van der Waals surface area (Å²) in [6.45, 7) is 4.05. The van der Waals surface area contributed by atoms with Crippen LogP contribution in [0.25, 0.3) is 0 Å². The lowest BCUT2D eigenvalue weighted by atomic mass is 10.1. The fourth-order valence-corrected chi connectivity index (χ4v) is 3.40. The van der Waals surface area contributed by atoms with Crippen molar-refractivity contribution in [1.29, 1.82) is 0 Å². The van der Waals surface area contributed by atoms with Crippen molar-refractivity contribution in [2.75, 3.05) is 6.54 Å². The van der Waals surface area contributed by atoms with Gasteiger partial charge in [-0.3, -0.25) is 5.73 Å². The molecular weight excluding hydrogens is 326 g/mol. The van der Waals surface area contributed by atoms with E-state index in [0.717, 1.165) is 25.1 Å². The van der Waals surface area contributed by atoms with Gasteiger partial charge in [0.2, 0.25) is 5.84 Å². The van der Waals surface area contributed by atoms with Gasteiger partial charge >= 0.3 is 5.97 Å². The van der Waals surface area contributed by atoms with Crippen molar-refractivity contribution in [1.82, 2.24) is 0 Å². The van der Waals surface area contributed by atoms with Gasteiger partial charge in [-0.05, 0) is 25.7 Å². The number of aliphatic carboxylic acids is 1. The number of hydrogen-bond donors (Lipinski definition) is 2. The molecule has 0 radical (unpaired) electrons. The lowest BCUT2D eigenvalue weighted by molar-refractivity contribution is -0.805. The van der Waals surface area contributed by atoms with Crippen molar-refractivity contribution in [3.63, 3.8) is 0 Å². The number of carboxylic acid groups (broad SMARTS) is 1. The lowest BCUT2D eigenvalue weighted by Gasteiger charge is -2.34. The number of nitrogens with zero attached hydrogens (tertiary/aromatic N) is 2. The van der Waals surface area contributed by atoms with Gasteiger partial charge in [0.1, 0.15) is 12.4 Å². The minimum absolute atomic E-state index is 0.0290. The summed E-state index contributed by atoms with van der Waals surface area (Å²) in [5.41, 5.74) is 6.08. The smallest absolute Gasteiger partial charge is 0.360 e. The molecule has 2 atom stereocenters. The van der Waals surface area contributed by atoms with Crippen LogP contribution in [-0.4, -0.2) is 34.1 Å². The lowest BCUT2D eigenvalue weighted by Crippen LogP contribution is -2.59. The van der Waals surface area contributed by atoms with Gasteiger partial charge in [0.15, 0.2) is 6.54 Å². The molecule has 3 N–H and O–H groups in total. The Morgan fingerprint density at radius 2 is 1.77 bits per heavy atom. The van der Waals surface area contributed by atoms with Crippen molar-refractivity contribution in [3.8, 4) is 0 Å². The molecule has 0 fully saturated rings. The molecule has 0 bridgehead atoms. The molecule has 0 aromatic rings. The first-order valence-electron chi connectivity index (χ1n) is 10.3. The van der Waals surface area contributed by atoms with Crippen LogP contribution in [0.2, 0.25) is 0 Å². The number of aliphatic imine (C=N–C) groups is 1. The maximum absolute atomic E-state index is 11.2. The molecular formula is C21H38N3O2+. The molecule has 5 nitrogen and oxygen atoms in total. The first-order chi connectivity index (χ1) is 12.5. The molecule has 1 aliphatic rings. The number of carbonyl (C=O) groups is 1. The van der Waals surface area contributed by atoms with Crippen molar-refractivity contribution in [2.24, 2.45) is 10.7 Å². The zero-order chi connectivity index (χ0) is 19.3. The van der Waals surface area contributed by atoms with Gasteiger partial charge in [-0.25, -0.2) is 14.3 Å². The second kappa shape index (κ2) is 12.8. The average Bonchev–Trinajstić information content (AvgIpc) is 2.99. The van der Waals surface area contributed by atoms with Crippen LogP contribution in [0.4, 0.5) is 0 Å². The molecule has 0 saturated heterocycles. The topological polar surface area (TPSA) is 75.7 Å². The van der Waals surface area contributed by atoms with E-state index in [9.17, 15) is 9.90 Å². The SMILES string of the molecule is CCCC/C=C/CCCCCCCCC1=NC=C[N+]1(CC(=O)O)C(C)N. The van der Waals surface area contributed by atoms with Crippen LogP contribution in [0, 0.1) is 0 Å². The molecule has 1 heterocycles. The number of hydrogen-bond acceptors (Lipinski definition) is 3. The molecule has 0 spiro atoms. The maximum atomic E-state index is 11.2. The van der Waals surface area contributed by atoms with Crippen molar-refractivity contribution in [3.05, 3.63) is 24.6 Å². The molecule has 0 aromatic heterocycles. The zero-order valence-corrected chi connectivity index (χ0v) is 16.7. The van der Waals surface area contributed by atoms with Crippen molar-refractivity contribution >= 4 is 11.8 Å². The van der Waals surface area contributed by atoms with Gasteiger partial charge < -0.3 is 5.11 Å². The molecule has 1 aliphatic heterocycles. The largest absolute Gasteiger partial charge is 0.477 e. The van der Waals surface area contributed by atoms with Gasteiger partial charge in [-0.15, -0.1) is 0 Å². The molecule has 0 aromatic carbocycles. The summed E-state index contributed by atoms with van der Waals surface area (Å²) in [6, 6.07) is 0.